The standard InChI is InChI=1S/C18H25N5O3S/c1-12(11-19-17-22-14-5-3-4-6-15(14)27-17)20-16(24)13(2)21-18(25)23-7-9-26-10-8-23/h3-6,12-13H,7-11H2,1-2H3,(H,19,22)(H,20,24)(H,21,25)/t12-,13-/m0/s1. The summed E-state index contributed by atoms with van der Waals surface area (Å²) in [4.78, 5) is 30.6. The number of hydrogen-bond acceptors (Lipinski definition) is 6. The molecule has 1 aromatic carbocycles. The third-order valence-corrected chi connectivity index (χ3v) is 5.27. The molecule has 3 N–H and O–H groups in total. The summed E-state index contributed by atoms with van der Waals surface area (Å²) < 4.78 is 6.35. The molecule has 2 aromatic rings. The fourth-order valence-electron chi connectivity index (χ4n) is 2.72. The second-order valence-corrected chi connectivity index (χ2v) is 7.58. The number of fused-ring (bicyclic) bond motifs is 1. The van der Waals surface area contributed by atoms with Gasteiger partial charge in [0.25, 0.3) is 0 Å². The average Bonchev–Trinajstić information content (AvgIpc) is 3.10. The van der Waals surface area contributed by atoms with Crippen molar-refractivity contribution in [3.8, 4) is 0 Å². The van der Waals surface area contributed by atoms with Gasteiger partial charge in [0.05, 0.1) is 23.4 Å². The van der Waals surface area contributed by atoms with Crippen LogP contribution in [0.15, 0.2) is 24.3 Å². The zero-order valence-corrected chi connectivity index (χ0v) is 16.3. The third-order valence-electron chi connectivity index (χ3n) is 4.27. The summed E-state index contributed by atoms with van der Waals surface area (Å²) in [7, 11) is 0. The van der Waals surface area contributed by atoms with Crippen LogP contribution in [-0.2, 0) is 9.53 Å². The fourth-order valence-corrected chi connectivity index (χ4v) is 3.59. The second-order valence-electron chi connectivity index (χ2n) is 6.55. The molecule has 0 spiro atoms. The molecule has 1 saturated heterocycles. The summed E-state index contributed by atoms with van der Waals surface area (Å²) >= 11 is 1.58. The van der Waals surface area contributed by atoms with Crippen molar-refractivity contribution in [3.63, 3.8) is 0 Å². The SMILES string of the molecule is C[C@H](NC(=O)N1CCOCC1)C(=O)N[C@@H](C)CNc1nc2ccccc2s1. The summed E-state index contributed by atoms with van der Waals surface area (Å²) in [5, 5.41) is 9.72. The molecule has 1 aliphatic rings. The topological polar surface area (TPSA) is 95.6 Å². The highest BCUT2D eigenvalue weighted by molar-refractivity contribution is 7.22. The number of amides is 3. The number of nitrogens with one attached hydrogen (secondary N) is 3. The van der Waals surface area contributed by atoms with Crippen LogP contribution in [0.1, 0.15) is 13.8 Å². The Morgan fingerprint density at radius 3 is 2.70 bits per heavy atom. The molecule has 1 fully saturated rings. The lowest BCUT2D eigenvalue weighted by molar-refractivity contribution is -0.123. The third kappa shape index (κ3) is 5.30. The van der Waals surface area contributed by atoms with Gasteiger partial charge in [-0.15, -0.1) is 0 Å². The molecule has 0 radical (unpaired) electrons. The van der Waals surface area contributed by atoms with E-state index >= 15 is 0 Å². The monoisotopic (exact) mass is 391 g/mol. The van der Waals surface area contributed by atoms with Crippen LogP contribution in [0.2, 0.25) is 0 Å². The van der Waals surface area contributed by atoms with Crippen LogP contribution in [0.5, 0.6) is 0 Å². The van der Waals surface area contributed by atoms with E-state index in [9.17, 15) is 9.59 Å². The van der Waals surface area contributed by atoms with Crippen LogP contribution in [0.3, 0.4) is 0 Å². The smallest absolute Gasteiger partial charge is 0.318 e. The van der Waals surface area contributed by atoms with Crippen LogP contribution < -0.4 is 16.0 Å². The van der Waals surface area contributed by atoms with Gasteiger partial charge in [0.1, 0.15) is 6.04 Å². The van der Waals surface area contributed by atoms with Crippen molar-refractivity contribution < 1.29 is 14.3 Å². The van der Waals surface area contributed by atoms with Gasteiger partial charge in [0.2, 0.25) is 5.91 Å². The highest BCUT2D eigenvalue weighted by Gasteiger charge is 2.22. The lowest BCUT2D eigenvalue weighted by Crippen LogP contribution is -2.53. The lowest BCUT2D eigenvalue weighted by atomic mass is 10.2. The van der Waals surface area contributed by atoms with Crippen molar-refractivity contribution in [1.29, 1.82) is 0 Å². The van der Waals surface area contributed by atoms with Crippen LogP contribution >= 0.6 is 11.3 Å². The van der Waals surface area contributed by atoms with Gasteiger partial charge in [-0.3, -0.25) is 4.79 Å². The summed E-state index contributed by atoms with van der Waals surface area (Å²) in [6.45, 7) is 6.29. The van der Waals surface area contributed by atoms with E-state index in [4.69, 9.17) is 4.74 Å². The van der Waals surface area contributed by atoms with E-state index in [-0.39, 0.29) is 18.0 Å². The van der Waals surface area contributed by atoms with E-state index in [0.29, 0.717) is 32.8 Å². The van der Waals surface area contributed by atoms with Gasteiger partial charge < -0.3 is 25.6 Å². The number of ether oxygens (including phenoxy) is 1. The molecule has 8 nitrogen and oxygen atoms in total. The minimum atomic E-state index is -0.606. The molecular weight excluding hydrogens is 366 g/mol. The Morgan fingerprint density at radius 2 is 1.96 bits per heavy atom. The number of carbonyl (C=O) groups excluding carboxylic acids is 2. The number of benzene rings is 1. The zero-order valence-electron chi connectivity index (χ0n) is 15.5. The average molecular weight is 391 g/mol. The van der Waals surface area contributed by atoms with E-state index in [1.807, 2.05) is 31.2 Å². The first-order valence-corrected chi connectivity index (χ1v) is 9.87. The quantitative estimate of drug-likeness (QED) is 0.696. The summed E-state index contributed by atoms with van der Waals surface area (Å²) in [6, 6.07) is 7.00. The number of urea groups is 1. The Kier molecular flexibility index (Phi) is 6.46. The first-order chi connectivity index (χ1) is 13.0. The maximum atomic E-state index is 12.3. The molecule has 9 heteroatoms. The van der Waals surface area contributed by atoms with Crippen molar-refractivity contribution in [2.75, 3.05) is 38.2 Å². The first-order valence-electron chi connectivity index (χ1n) is 9.06. The molecule has 1 aliphatic heterocycles. The maximum absolute atomic E-state index is 12.3. The molecule has 27 heavy (non-hydrogen) atoms. The molecule has 2 heterocycles. The molecule has 0 unspecified atom stereocenters. The second kappa shape index (κ2) is 9.01. The number of morpholine rings is 1. The number of anilines is 1. The molecule has 0 bridgehead atoms. The van der Waals surface area contributed by atoms with Gasteiger partial charge >= 0.3 is 6.03 Å². The van der Waals surface area contributed by atoms with Crippen molar-refractivity contribution in [2.24, 2.45) is 0 Å². The van der Waals surface area contributed by atoms with Crippen LogP contribution in [-0.4, -0.2) is 66.8 Å². The van der Waals surface area contributed by atoms with Crippen LogP contribution in [0.4, 0.5) is 9.93 Å². The van der Waals surface area contributed by atoms with E-state index in [0.717, 1.165) is 15.3 Å². The maximum Gasteiger partial charge on any atom is 0.318 e. The number of para-hydroxylation sites is 1. The van der Waals surface area contributed by atoms with Gasteiger partial charge in [-0.25, -0.2) is 9.78 Å². The van der Waals surface area contributed by atoms with Crippen molar-refractivity contribution in [3.05, 3.63) is 24.3 Å². The molecule has 146 valence electrons. The summed E-state index contributed by atoms with van der Waals surface area (Å²) in [6.07, 6.45) is 0. The van der Waals surface area contributed by atoms with Crippen molar-refractivity contribution in [1.82, 2.24) is 20.5 Å². The van der Waals surface area contributed by atoms with E-state index < -0.39 is 6.04 Å². The lowest BCUT2D eigenvalue weighted by Gasteiger charge is -2.28. The zero-order chi connectivity index (χ0) is 19.2. The molecule has 1 aromatic heterocycles. The normalized spacial score (nSPS) is 16.6. The number of carbonyl (C=O) groups is 2. The van der Waals surface area contributed by atoms with E-state index in [1.165, 1.54) is 0 Å². The van der Waals surface area contributed by atoms with E-state index in [1.54, 1.807) is 23.2 Å². The van der Waals surface area contributed by atoms with Gasteiger partial charge in [0, 0.05) is 25.7 Å². The molecule has 3 amide bonds. The Bertz CT molecular complexity index is 757. The predicted molar refractivity (Wildman–Crippen MR) is 106 cm³/mol. The Hall–Kier alpha value is -2.39. The number of nitrogens with zero attached hydrogens (tertiary/aromatic N) is 2. The summed E-state index contributed by atoms with van der Waals surface area (Å²) in [5.74, 6) is -0.213. The molecule has 0 saturated carbocycles. The fraction of sp³-hybridized carbons (Fsp3) is 0.500. The largest absolute Gasteiger partial charge is 0.378 e. The number of aromatic nitrogens is 1. The minimum absolute atomic E-state index is 0.104. The molecule has 2 atom stereocenters. The summed E-state index contributed by atoms with van der Waals surface area (Å²) in [5.41, 5.74) is 0.959. The number of hydrogen-bond donors (Lipinski definition) is 3. The van der Waals surface area contributed by atoms with Gasteiger partial charge in [-0.05, 0) is 26.0 Å². The van der Waals surface area contributed by atoms with Crippen LogP contribution in [0.25, 0.3) is 10.2 Å². The molecular formula is C18H25N5O3S. The van der Waals surface area contributed by atoms with E-state index in [2.05, 4.69) is 20.9 Å². The first kappa shape index (κ1) is 19.4. The van der Waals surface area contributed by atoms with Crippen LogP contribution in [0, 0.1) is 0 Å². The predicted octanol–water partition coefficient (Wildman–Crippen LogP) is 1.64. The van der Waals surface area contributed by atoms with Crippen molar-refractivity contribution in [2.45, 2.75) is 25.9 Å². The number of thiazole rings is 1. The molecule has 0 aliphatic carbocycles. The van der Waals surface area contributed by atoms with Crippen molar-refractivity contribution >= 4 is 38.6 Å². The highest BCUT2D eigenvalue weighted by atomic mass is 32.1. The Labute approximate surface area is 162 Å². The number of rotatable bonds is 6. The highest BCUT2D eigenvalue weighted by Crippen LogP contribution is 2.25. The van der Waals surface area contributed by atoms with Gasteiger partial charge in [-0.1, -0.05) is 23.5 Å². The van der Waals surface area contributed by atoms with Gasteiger partial charge in [0.15, 0.2) is 5.13 Å². The minimum Gasteiger partial charge on any atom is -0.378 e. The Balaban J connectivity index is 1.42. The molecule has 3 rings (SSSR count). The van der Waals surface area contributed by atoms with Gasteiger partial charge in [-0.2, -0.15) is 0 Å². The Morgan fingerprint density at radius 1 is 1.22 bits per heavy atom.